The van der Waals surface area contributed by atoms with Crippen LogP contribution in [0.4, 0.5) is 17.2 Å². The van der Waals surface area contributed by atoms with Gasteiger partial charge in [0.25, 0.3) is 0 Å². The summed E-state index contributed by atoms with van der Waals surface area (Å²) < 4.78 is 24.4. The SMILES string of the molecule is Cc1nn(C)c(Nc2ccc(S(C)(=O)=O)cc2)c1N. The van der Waals surface area contributed by atoms with E-state index in [9.17, 15) is 8.42 Å². The Labute approximate surface area is 112 Å². The van der Waals surface area contributed by atoms with Crippen LogP contribution in [0.3, 0.4) is 0 Å². The Kier molecular flexibility index (Phi) is 3.23. The lowest BCUT2D eigenvalue weighted by molar-refractivity contribution is 0.602. The van der Waals surface area contributed by atoms with Crippen molar-refractivity contribution in [3.05, 3.63) is 30.0 Å². The van der Waals surface area contributed by atoms with Crippen LogP contribution < -0.4 is 11.1 Å². The number of nitrogens with zero attached hydrogens (tertiary/aromatic N) is 2. The molecule has 0 radical (unpaired) electrons. The third-order valence-electron chi connectivity index (χ3n) is 2.81. The lowest BCUT2D eigenvalue weighted by atomic mass is 10.3. The zero-order valence-corrected chi connectivity index (χ0v) is 11.8. The molecule has 0 bridgehead atoms. The van der Waals surface area contributed by atoms with Gasteiger partial charge in [-0.1, -0.05) is 0 Å². The maximum atomic E-state index is 11.4. The van der Waals surface area contributed by atoms with Crippen molar-refractivity contribution in [3.63, 3.8) is 0 Å². The number of hydrogen-bond donors (Lipinski definition) is 2. The molecule has 0 saturated heterocycles. The Morgan fingerprint density at radius 3 is 2.26 bits per heavy atom. The van der Waals surface area contributed by atoms with Gasteiger partial charge in [-0.25, -0.2) is 8.42 Å². The van der Waals surface area contributed by atoms with Crippen molar-refractivity contribution in [2.24, 2.45) is 7.05 Å². The minimum atomic E-state index is -3.17. The molecule has 0 amide bonds. The van der Waals surface area contributed by atoms with Gasteiger partial charge >= 0.3 is 0 Å². The Bertz CT molecular complexity index is 702. The summed E-state index contributed by atoms with van der Waals surface area (Å²) >= 11 is 0. The van der Waals surface area contributed by atoms with Crippen LogP contribution in [0.5, 0.6) is 0 Å². The molecule has 19 heavy (non-hydrogen) atoms. The molecule has 0 unspecified atom stereocenters. The lowest BCUT2D eigenvalue weighted by Crippen LogP contribution is -2.02. The average Bonchev–Trinajstić information content (AvgIpc) is 2.56. The van der Waals surface area contributed by atoms with E-state index in [1.54, 1.807) is 36.0 Å². The van der Waals surface area contributed by atoms with Crippen molar-refractivity contribution < 1.29 is 8.42 Å². The minimum absolute atomic E-state index is 0.284. The van der Waals surface area contributed by atoms with E-state index < -0.39 is 9.84 Å². The number of hydrogen-bond acceptors (Lipinski definition) is 5. The summed E-state index contributed by atoms with van der Waals surface area (Å²) in [5.41, 5.74) is 7.99. The molecule has 0 aliphatic carbocycles. The average molecular weight is 280 g/mol. The van der Waals surface area contributed by atoms with Gasteiger partial charge in [-0.15, -0.1) is 0 Å². The molecule has 0 aliphatic rings. The normalized spacial score (nSPS) is 11.5. The Morgan fingerprint density at radius 1 is 1.26 bits per heavy atom. The smallest absolute Gasteiger partial charge is 0.175 e. The zero-order chi connectivity index (χ0) is 14.2. The monoisotopic (exact) mass is 280 g/mol. The molecular weight excluding hydrogens is 264 g/mol. The molecule has 6 nitrogen and oxygen atoms in total. The molecule has 1 heterocycles. The summed E-state index contributed by atoms with van der Waals surface area (Å²) in [4.78, 5) is 0.284. The van der Waals surface area contributed by atoms with Gasteiger partial charge < -0.3 is 11.1 Å². The van der Waals surface area contributed by atoms with Gasteiger partial charge in [0.2, 0.25) is 0 Å². The molecule has 102 valence electrons. The third kappa shape index (κ3) is 2.70. The van der Waals surface area contributed by atoms with Crippen molar-refractivity contribution in [2.45, 2.75) is 11.8 Å². The second kappa shape index (κ2) is 4.58. The Morgan fingerprint density at radius 2 is 1.84 bits per heavy atom. The molecular formula is C12H16N4O2S. The number of aromatic nitrogens is 2. The molecule has 3 N–H and O–H groups in total. The van der Waals surface area contributed by atoms with Crippen molar-refractivity contribution >= 4 is 27.0 Å². The molecule has 0 aliphatic heterocycles. The van der Waals surface area contributed by atoms with Gasteiger partial charge in [0.05, 0.1) is 16.3 Å². The molecule has 0 spiro atoms. The van der Waals surface area contributed by atoms with Crippen LogP contribution in [0, 0.1) is 6.92 Å². The largest absolute Gasteiger partial charge is 0.394 e. The first-order valence-electron chi connectivity index (χ1n) is 5.65. The predicted molar refractivity (Wildman–Crippen MR) is 75.2 cm³/mol. The van der Waals surface area contributed by atoms with E-state index in [4.69, 9.17) is 5.73 Å². The van der Waals surface area contributed by atoms with Crippen molar-refractivity contribution in [1.82, 2.24) is 9.78 Å². The molecule has 1 aromatic heterocycles. The number of nitrogens with two attached hydrogens (primary N) is 1. The standard InChI is InChI=1S/C12H16N4O2S/c1-8-11(13)12(16(2)15-8)14-9-4-6-10(7-5-9)19(3,17)18/h4-7,14H,13H2,1-3H3. The predicted octanol–water partition coefficient (Wildman–Crippen LogP) is 1.46. The third-order valence-corrected chi connectivity index (χ3v) is 3.94. The van der Waals surface area contributed by atoms with Gasteiger partial charge in [0.15, 0.2) is 15.7 Å². The Hall–Kier alpha value is -2.02. The van der Waals surface area contributed by atoms with E-state index in [0.29, 0.717) is 11.5 Å². The first kappa shape index (κ1) is 13.4. The van der Waals surface area contributed by atoms with E-state index in [-0.39, 0.29) is 4.90 Å². The number of nitrogens with one attached hydrogen (secondary N) is 1. The fraction of sp³-hybridized carbons (Fsp3) is 0.250. The van der Waals surface area contributed by atoms with Crippen LogP contribution in [0.2, 0.25) is 0 Å². The highest BCUT2D eigenvalue weighted by atomic mass is 32.2. The van der Waals surface area contributed by atoms with E-state index in [0.717, 1.165) is 11.4 Å². The molecule has 2 aromatic rings. The zero-order valence-electron chi connectivity index (χ0n) is 11.0. The highest BCUT2D eigenvalue weighted by Crippen LogP contribution is 2.25. The van der Waals surface area contributed by atoms with Gasteiger partial charge in [-0.05, 0) is 31.2 Å². The molecule has 0 saturated carbocycles. The number of benzene rings is 1. The summed E-state index contributed by atoms with van der Waals surface area (Å²) in [6, 6.07) is 6.49. The second-order valence-electron chi connectivity index (χ2n) is 4.39. The van der Waals surface area contributed by atoms with Gasteiger partial charge in [0.1, 0.15) is 0 Å². The summed E-state index contributed by atoms with van der Waals surface area (Å²) in [6.45, 7) is 1.83. The summed E-state index contributed by atoms with van der Waals surface area (Å²) in [5, 5.41) is 7.32. The highest BCUT2D eigenvalue weighted by molar-refractivity contribution is 7.90. The van der Waals surface area contributed by atoms with E-state index in [1.807, 2.05) is 6.92 Å². The van der Waals surface area contributed by atoms with Crippen LogP contribution >= 0.6 is 0 Å². The summed E-state index contributed by atoms with van der Waals surface area (Å²) in [7, 11) is -1.39. The Balaban J connectivity index is 2.30. The maximum Gasteiger partial charge on any atom is 0.175 e. The maximum absolute atomic E-state index is 11.4. The second-order valence-corrected chi connectivity index (χ2v) is 6.41. The topological polar surface area (TPSA) is 90.0 Å². The number of aryl methyl sites for hydroxylation is 2. The van der Waals surface area contributed by atoms with Crippen LogP contribution in [-0.4, -0.2) is 24.5 Å². The first-order valence-corrected chi connectivity index (χ1v) is 7.54. The molecule has 0 atom stereocenters. The summed E-state index contributed by atoms with van der Waals surface area (Å²) in [6.07, 6.45) is 1.18. The first-order chi connectivity index (χ1) is 8.79. The van der Waals surface area contributed by atoms with Crippen molar-refractivity contribution in [2.75, 3.05) is 17.3 Å². The van der Waals surface area contributed by atoms with E-state index >= 15 is 0 Å². The summed E-state index contributed by atoms with van der Waals surface area (Å²) in [5.74, 6) is 0.685. The van der Waals surface area contributed by atoms with Gasteiger partial charge in [0, 0.05) is 19.0 Å². The lowest BCUT2D eigenvalue weighted by Gasteiger charge is -2.08. The van der Waals surface area contributed by atoms with E-state index in [2.05, 4.69) is 10.4 Å². The number of anilines is 3. The van der Waals surface area contributed by atoms with E-state index in [1.165, 1.54) is 6.26 Å². The van der Waals surface area contributed by atoms with Gasteiger partial charge in [-0.2, -0.15) is 5.10 Å². The minimum Gasteiger partial charge on any atom is -0.394 e. The number of rotatable bonds is 3. The van der Waals surface area contributed by atoms with Crippen LogP contribution in [0.1, 0.15) is 5.69 Å². The van der Waals surface area contributed by atoms with Crippen molar-refractivity contribution in [1.29, 1.82) is 0 Å². The fourth-order valence-electron chi connectivity index (χ4n) is 1.74. The molecule has 0 fully saturated rings. The molecule has 1 aromatic carbocycles. The molecule has 2 rings (SSSR count). The number of nitrogen functional groups attached to an aromatic ring is 1. The van der Waals surface area contributed by atoms with Crippen LogP contribution in [0.25, 0.3) is 0 Å². The highest BCUT2D eigenvalue weighted by Gasteiger charge is 2.11. The van der Waals surface area contributed by atoms with Crippen LogP contribution in [0.15, 0.2) is 29.2 Å². The van der Waals surface area contributed by atoms with Crippen LogP contribution in [-0.2, 0) is 16.9 Å². The quantitative estimate of drug-likeness (QED) is 0.888. The molecule has 7 heteroatoms. The van der Waals surface area contributed by atoms with Crippen molar-refractivity contribution in [3.8, 4) is 0 Å². The van der Waals surface area contributed by atoms with Gasteiger partial charge in [-0.3, -0.25) is 4.68 Å². The fourth-order valence-corrected chi connectivity index (χ4v) is 2.38. The number of sulfone groups is 1.